The average molecular weight is 426 g/mol. The largest absolute Gasteiger partial charge is 0.335 e. The predicted octanol–water partition coefficient (Wildman–Crippen LogP) is 2.00. The molecule has 0 bridgehead atoms. The van der Waals surface area contributed by atoms with E-state index in [0.29, 0.717) is 5.56 Å². The number of carbonyl (C=O) groups is 4. The zero-order valence-corrected chi connectivity index (χ0v) is 17.4. The van der Waals surface area contributed by atoms with Gasteiger partial charge in [-0.1, -0.05) is 35.9 Å². The number of aryl methyl sites for hydroxylation is 1. The maximum absolute atomic E-state index is 13.2. The number of anilines is 1. The first-order valence-electron chi connectivity index (χ1n) is 9.61. The number of urea groups is 1. The summed E-state index contributed by atoms with van der Waals surface area (Å²) < 4.78 is 13.2. The molecule has 162 valence electrons. The summed E-state index contributed by atoms with van der Waals surface area (Å²) in [4.78, 5) is 51.9. The van der Waals surface area contributed by atoms with Gasteiger partial charge in [0.2, 0.25) is 11.8 Å². The van der Waals surface area contributed by atoms with Gasteiger partial charge in [0.1, 0.15) is 17.9 Å². The molecule has 2 N–H and O–H groups in total. The van der Waals surface area contributed by atoms with Gasteiger partial charge in [0.25, 0.3) is 5.91 Å². The summed E-state index contributed by atoms with van der Waals surface area (Å²) in [6.07, 6.45) is 0. The fourth-order valence-corrected chi connectivity index (χ4v) is 3.25. The summed E-state index contributed by atoms with van der Waals surface area (Å²) in [5.41, 5.74) is 0.593. The Hall–Kier alpha value is -3.75. The van der Waals surface area contributed by atoms with Gasteiger partial charge in [0.15, 0.2) is 0 Å². The van der Waals surface area contributed by atoms with Crippen molar-refractivity contribution in [3.05, 3.63) is 65.5 Å². The molecule has 1 saturated heterocycles. The lowest BCUT2D eigenvalue weighted by Crippen LogP contribution is -2.45. The van der Waals surface area contributed by atoms with Crippen LogP contribution in [0.4, 0.5) is 14.9 Å². The van der Waals surface area contributed by atoms with Gasteiger partial charge in [-0.25, -0.2) is 9.18 Å². The standard InChI is InChI=1S/C22H23FN4O4/c1-14-7-9-15(10-8-14)22(2)20(30)27(21(31)25-22)13-19(29)26(3)12-18(28)24-17-6-4-5-16(23)11-17/h4-11H,12-13H2,1-3H3,(H,24,28)(H,25,31)/t22-/m0/s1. The monoisotopic (exact) mass is 426 g/mol. The first-order valence-corrected chi connectivity index (χ1v) is 9.61. The summed E-state index contributed by atoms with van der Waals surface area (Å²) in [6.45, 7) is 2.66. The van der Waals surface area contributed by atoms with Gasteiger partial charge in [-0.15, -0.1) is 0 Å². The molecule has 1 aliphatic rings. The van der Waals surface area contributed by atoms with Crippen molar-refractivity contribution in [3.8, 4) is 0 Å². The molecule has 0 aliphatic carbocycles. The third-order valence-corrected chi connectivity index (χ3v) is 5.11. The van der Waals surface area contributed by atoms with Crippen molar-refractivity contribution in [1.29, 1.82) is 0 Å². The van der Waals surface area contributed by atoms with Crippen molar-refractivity contribution in [2.75, 3.05) is 25.5 Å². The molecular formula is C22H23FN4O4. The van der Waals surface area contributed by atoms with E-state index in [9.17, 15) is 23.6 Å². The molecule has 0 radical (unpaired) electrons. The molecule has 31 heavy (non-hydrogen) atoms. The number of imide groups is 1. The van der Waals surface area contributed by atoms with Crippen LogP contribution in [0.1, 0.15) is 18.1 Å². The van der Waals surface area contributed by atoms with Crippen molar-refractivity contribution >= 4 is 29.4 Å². The lowest BCUT2D eigenvalue weighted by molar-refractivity contribution is -0.139. The molecule has 1 fully saturated rings. The van der Waals surface area contributed by atoms with Crippen molar-refractivity contribution in [3.63, 3.8) is 0 Å². The molecule has 5 amide bonds. The lowest BCUT2D eigenvalue weighted by Gasteiger charge is -2.23. The maximum Gasteiger partial charge on any atom is 0.325 e. The molecule has 0 spiro atoms. The molecule has 8 nitrogen and oxygen atoms in total. The van der Waals surface area contributed by atoms with Crippen LogP contribution in [-0.2, 0) is 19.9 Å². The van der Waals surface area contributed by atoms with E-state index in [2.05, 4.69) is 10.6 Å². The Kier molecular flexibility index (Phi) is 6.05. The lowest BCUT2D eigenvalue weighted by atomic mass is 9.91. The van der Waals surface area contributed by atoms with Gasteiger partial charge in [-0.05, 0) is 37.6 Å². The molecule has 0 aromatic heterocycles. The molecule has 3 rings (SSSR count). The highest BCUT2D eigenvalue weighted by Crippen LogP contribution is 2.29. The average Bonchev–Trinajstić information content (AvgIpc) is 2.92. The van der Waals surface area contributed by atoms with Gasteiger partial charge in [-0.3, -0.25) is 19.3 Å². The second-order valence-corrected chi connectivity index (χ2v) is 7.62. The SMILES string of the molecule is Cc1ccc([C@]2(C)NC(=O)N(CC(=O)N(C)CC(=O)Nc3cccc(F)c3)C2=O)cc1. The van der Waals surface area contributed by atoms with E-state index >= 15 is 0 Å². The van der Waals surface area contributed by atoms with Crippen LogP contribution in [0.3, 0.4) is 0 Å². The molecule has 1 atom stereocenters. The highest BCUT2D eigenvalue weighted by atomic mass is 19.1. The second kappa shape index (κ2) is 8.55. The number of benzene rings is 2. The molecule has 1 heterocycles. The van der Waals surface area contributed by atoms with Crippen LogP contribution < -0.4 is 10.6 Å². The van der Waals surface area contributed by atoms with E-state index in [1.807, 2.05) is 19.1 Å². The van der Waals surface area contributed by atoms with Crippen LogP contribution in [0.15, 0.2) is 48.5 Å². The van der Waals surface area contributed by atoms with Crippen molar-refractivity contribution in [2.24, 2.45) is 0 Å². The Bertz CT molecular complexity index is 1040. The molecular weight excluding hydrogens is 403 g/mol. The Morgan fingerprint density at radius 2 is 1.84 bits per heavy atom. The summed E-state index contributed by atoms with van der Waals surface area (Å²) in [5, 5.41) is 5.13. The zero-order chi connectivity index (χ0) is 22.8. The fraction of sp³-hybridized carbons (Fsp3) is 0.273. The number of rotatable bonds is 6. The summed E-state index contributed by atoms with van der Waals surface area (Å²) in [7, 11) is 1.38. The van der Waals surface area contributed by atoms with E-state index in [0.717, 1.165) is 21.4 Å². The van der Waals surface area contributed by atoms with E-state index in [-0.39, 0.29) is 12.2 Å². The number of amides is 5. The Morgan fingerprint density at radius 3 is 2.48 bits per heavy atom. The van der Waals surface area contributed by atoms with Crippen LogP contribution in [0.25, 0.3) is 0 Å². The molecule has 2 aromatic rings. The normalized spacial score (nSPS) is 18.0. The van der Waals surface area contributed by atoms with Crippen molar-refractivity contribution < 1.29 is 23.6 Å². The van der Waals surface area contributed by atoms with Crippen LogP contribution in [0, 0.1) is 12.7 Å². The van der Waals surface area contributed by atoms with Gasteiger partial charge < -0.3 is 15.5 Å². The van der Waals surface area contributed by atoms with E-state index < -0.39 is 41.7 Å². The highest BCUT2D eigenvalue weighted by Gasteiger charge is 2.49. The number of halogens is 1. The minimum atomic E-state index is -1.28. The first kappa shape index (κ1) is 21.9. The summed E-state index contributed by atoms with van der Waals surface area (Å²) in [5.74, 6) is -2.18. The molecule has 1 aliphatic heterocycles. The number of likely N-dealkylation sites (N-methyl/N-ethyl adjacent to an activating group) is 1. The molecule has 0 unspecified atom stereocenters. The van der Waals surface area contributed by atoms with Crippen LogP contribution in [-0.4, -0.2) is 53.7 Å². The van der Waals surface area contributed by atoms with Crippen LogP contribution in [0.2, 0.25) is 0 Å². The molecule has 2 aromatic carbocycles. The third kappa shape index (κ3) is 4.71. The van der Waals surface area contributed by atoms with Crippen molar-refractivity contribution in [2.45, 2.75) is 19.4 Å². The van der Waals surface area contributed by atoms with E-state index in [1.165, 1.54) is 25.2 Å². The second-order valence-electron chi connectivity index (χ2n) is 7.62. The minimum absolute atomic E-state index is 0.258. The zero-order valence-electron chi connectivity index (χ0n) is 17.4. The number of carbonyl (C=O) groups excluding carboxylic acids is 4. The Labute approximate surface area is 179 Å². The first-order chi connectivity index (χ1) is 14.6. The summed E-state index contributed by atoms with van der Waals surface area (Å²) in [6, 6.07) is 11.8. The number of hydrogen-bond acceptors (Lipinski definition) is 4. The number of nitrogens with zero attached hydrogens (tertiary/aromatic N) is 2. The third-order valence-electron chi connectivity index (χ3n) is 5.11. The summed E-state index contributed by atoms with van der Waals surface area (Å²) >= 11 is 0. The van der Waals surface area contributed by atoms with Gasteiger partial charge in [-0.2, -0.15) is 0 Å². The number of nitrogens with one attached hydrogen (secondary N) is 2. The Morgan fingerprint density at radius 1 is 1.16 bits per heavy atom. The van der Waals surface area contributed by atoms with E-state index in [4.69, 9.17) is 0 Å². The molecule has 9 heteroatoms. The van der Waals surface area contributed by atoms with Gasteiger partial charge in [0.05, 0.1) is 6.54 Å². The topological polar surface area (TPSA) is 98.8 Å². The number of hydrogen-bond donors (Lipinski definition) is 2. The van der Waals surface area contributed by atoms with Crippen molar-refractivity contribution in [1.82, 2.24) is 15.1 Å². The Balaban J connectivity index is 1.62. The predicted molar refractivity (Wildman–Crippen MR) is 111 cm³/mol. The maximum atomic E-state index is 13.2. The fourth-order valence-electron chi connectivity index (χ4n) is 3.25. The van der Waals surface area contributed by atoms with Crippen LogP contribution >= 0.6 is 0 Å². The smallest absolute Gasteiger partial charge is 0.325 e. The van der Waals surface area contributed by atoms with E-state index in [1.54, 1.807) is 19.1 Å². The quantitative estimate of drug-likeness (QED) is 0.691. The molecule has 0 saturated carbocycles. The van der Waals surface area contributed by atoms with Gasteiger partial charge in [0, 0.05) is 12.7 Å². The minimum Gasteiger partial charge on any atom is -0.335 e. The van der Waals surface area contributed by atoms with Gasteiger partial charge >= 0.3 is 6.03 Å². The van der Waals surface area contributed by atoms with Crippen LogP contribution in [0.5, 0.6) is 0 Å². The highest BCUT2D eigenvalue weighted by molar-refractivity contribution is 6.09.